The fourth-order valence-corrected chi connectivity index (χ4v) is 6.46. The highest BCUT2D eigenvalue weighted by Crippen LogP contribution is 2.46. The minimum Gasteiger partial charge on any atom is -0.0622 e. The Hall–Kier alpha value is -5.20. The second-order valence-electron chi connectivity index (χ2n) is 10.5. The highest BCUT2D eigenvalue weighted by molar-refractivity contribution is 6.27. The summed E-state index contributed by atoms with van der Waals surface area (Å²) in [5, 5.41) is 10.3. The fourth-order valence-electron chi connectivity index (χ4n) is 6.46. The molecule has 8 aromatic rings. The van der Waals surface area contributed by atoms with Crippen LogP contribution in [0.15, 0.2) is 158 Å². The standard InChI is InChI=1S/C40H26/c1-2-13-30(14-3-1)38-35-18-8-9-19-36(35)39(40-34-17-7-5-12-28(34)25-26-37(38)40)31-23-21-29(22-24-31)33-20-10-15-27-11-4-6-16-32(27)33/h1-26H. The summed E-state index contributed by atoms with van der Waals surface area (Å²) in [7, 11) is 0. The lowest BCUT2D eigenvalue weighted by Crippen LogP contribution is -1.92. The molecule has 0 fully saturated rings. The molecule has 0 aromatic heterocycles. The van der Waals surface area contributed by atoms with Crippen molar-refractivity contribution in [3.05, 3.63) is 158 Å². The minimum absolute atomic E-state index is 1.24. The number of rotatable bonds is 3. The van der Waals surface area contributed by atoms with E-state index in [2.05, 4.69) is 158 Å². The van der Waals surface area contributed by atoms with Crippen LogP contribution in [0, 0.1) is 0 Å². The largest absolute Gasteiger partial charge is 0.0622 e. The van der Waals surface area contributed by atoms with E-state index in [-0.39, 0.29) is 0 Å². The molecule has 0 aliphatic heterocycles. The monoisotopic (exact) mass is 506 g/mol. The fraction of sp³-hybridized carbons (Fsp3) is 0. The SMILES string of the molecule is c1ccc(-c2c3ccccc3c(-c3ccc(-c4cccc5ccccc45)cc3)c3c2ccc2ccccc23)cc1. The van der Waals surface area contributed by atoms with Gasteiger partial charge < -0.3 is 0 Å². The lowest BCUT2D eigenvalue weighted by atomic mass is 9.84. The lowest BCUT2D eigenvalue weighted by Gasteiger charge is -2.19. The van der Waals surface area contributed by atoms with E-state index in [1.807, 2.05) is 0 Å². The van der Waals surface area contributed by atoms with Crippen molar-refractivity contribution in [2.75, 3.05) is 0 Å². The van der Waals surface area contributed by atoms with Crippen molar-refractivity contribution < 1.29 is 0 Å². The molecule has 40 heavy (non-hydrogen) atoms. The van der Waals surface area contributed by atoms with Crippen LogP contribution >= 0.6 is 0 Å². The maximum Gasteiger partial charge on any atom is -0.00141 e. The molecular weight excluding hydrogens is 480 g/mol. The van der Waals surface area contributed by atoms with Gasteiger partial charge >= 0.3 is 0 Å². The third kappa shape index (κ3) is 3.54. The molecule has 0 aliphatic rings. The molecule has 0 saturated heterocycles. The number of fused-ring (bicyclic) bond motifs is 5. The van der Waals surface area contributed by atoms with E-state index < -0.39 is 0 Å². The van der Waals surface area contributed by atoms with Crippen LogP contribution in [0.4, 0.5) is 0 Å². The topological polar surface area (TPSA) is 0 Å². The van der Waals surface area contributed by atoms with E-state index in [9.17, 15) is 0 Å². The summed E-state index contributed by atoms with van der Waals surface area (Å²) in [4.78, 5) is 0. The molecule has 0 nitrogen and oxygen atoms in total. The number of hydrogen-bond donors (Lipinski definition) is 0. The highest BCUT2D eigenvalue weighted by atomic mass is 14.2. The Bertz CT molecular complexity index is 2180. The molecule has 0 heteroatoms. The molecule has 0 spiro atoms. The predicted octanol–water partition coefficient (Wildman–Crippen LogP) is 11.3. The number of benzene rings is 8. The van der Waals surface area contributed by atoms with Gasteiger partial charge in [0.2, 0.25) is 0 Å². The molecule has 0 N–H and O–H groups in total. The van der Waals surface area contributed by atoms with Crippen LogP contribution in [0.2, 0.25) is 0 Å². The Kier molecular flexibility index (Phi) is 5.24. The normalized spacial score (nSPS) is 11.5. The van der Waals surface area contributed by atoms with Gasteiger partial charge in [-0.25, -0.2) is 0 Å². The van der Waals surface area contributed by atoms with Crippen LogP contribution in [0.3, 0.4) is 0 Å². The van der Waals surface area contributed by atoms with Gasteiger partial charge in [0.15, 0.2) is 0 Å². The Labute approximate surface area is 233 Å². The van der Waals surface area contributed by atoms with E-state index in [4.69, 9.17) is 0 Å². The van der Waals surface area contributed by atoms with Crippen LogP contribution in [-0.4, -0.2) is 0 Å². The number of hydrogen-bond acceptors (Lipinski definition) is 0. The van der Waals surface area contributed by atoms with Gasteiger partial charge in [-0.15, -0.1) is 0 Å². The van der Waals surface area contributed by atoms with Crippen molar-refractivity contribution in [2.24, 2.45) is 0 Å². The van der Waals surface area contributed by atoms with Gasteiger partial charge in [-0.2, -0.15) is 0 Å². The quantitative estimate of drug-likeness (QED) is 0.165. The Morgan fingerprint density at radius 3 is 1.52 bits per heavy atom. The summed E-state index contributed by atoms with van der Waals surface area (Å²) < 4.78 is 0. The second-order valence-corrected chi connectivity index (χ2v) is 10.5. The Morgan fingerprint density at radius 2 is 0.775 bits per heavy atom. The molecule has 0 atom stereocenters. The van der Waals surface area contributed by atoms with Crippen molar-refractivity contribution in [3.8, 4) is 33.4 Å². The molecule has 186 valence electrons. The highest BCUT2D eigenvalue weighted by Gasteiger charge is 2.18. The molecular formula is C40H26. The van der Waals surface area contributed by atoms with E-state index in [1.165, 1.54) is 76.5 Å². The molecule has 8 rings (SSSR count). The summed E-state index contributed by atoms with van der Waals surface area (Å²) in [6, 6.07) is 57.5. The van der Waals surface area contributed by atoms with Gasteiger partial charge in [-0.3, -0.25) is 0 Å². The minimum atomic E-state index is 1.24. The van der Waals surface area contributed by atoms with Crippen LogP contribution in [0.1, 0.15) is 0 Å². The maximum absolute atomic E-state index is 2.32. The molecule has 0 saturated carbocycles. The molecule has 0 unspecified atom stereocenters. The van der Waals surface area contributed by atoms with E-state index >= 15 is 0 Å². The van der Waals surface area contributed by atoms with Gasteiger partial charge in [0, 0.05) is 0 Å². The molecule has 0 bridgehead atoms. The molecule has 0 radical (unpaired) electrons. The summed E-state index contributed by atoms with van der Waals surface area (Å²) in [5.41, 5.74) is 7.58. The zero-order valence-corrected chi connectivity index (χ0v) is 22.0. The van der Waals surface area contributed by atoms with Gasteiger partial charge in [0.1, 0.15) is 0 Å². The molecule has 8 aromatic carbocycles. The summed E-state index contributed by atoms with van der Waals surface area (Å²) in [5.74, 6) is 0. The average molecular weight is 507 g/mol. The molecule has 0 aliphatic carbocycles. The zero-order chi connectivity index (χ0) is 26.5. The lowest BCUT2D eigenvalue weighted by molar-refractivity contribution is 1.63. The van der Waals surface area contributed by atoms with Gasteiger partial charge in [-0.05, 0) is 76.5 Å². The average Bonchev–Trinajstić information content (AvgIpc) is 3.04. The Morgan fingerprint density at radius 1 is 0.250 bits per heavy atom. The van der Waals surface area contributed by atoms with Gasteiger partial charge in [0.25, 0.3) is 0 Å². The van der Waals surface area contributed by atoms with Crippen LogP contribution in [-0.2, 0) is 0 Å². The maximum atomic E-state index is 2.32. The third-order valence-corrected chi connectivity index (χ3v) is 8.25. The first-order chi connectivity index (χ1) is 19.9. The first-order valence-electron chi connectivity index (χ1n) is 13.9. The van der Waals surface area contributed by atoms with Crippen LogP contribution in [0.5, 0.6) is 0 Å². The van der Waals surface area contributed by atoms with Crippen molar-refractivity contribution in [3.63, 3.8) is 0 Å². The van der Waals surface area contributed by atoms with Crippen LogP contribution < -0.4 is 0 Å². The first kappa shape index (κ1) is 22.8. The third-order valence-electron chi connectivity index (χ3n) is 8.25. The molecule has 0 heterocycles. The summed E-state index contributed by atoms with van der Waals surface area (Å²) in [6.45, 7) is 0. The van der Waals surface area contributed by atoms with Crippen molar-refractivity contribution in [1.29, 1.82) is 0 Å². The summed E-state index contributed by atoms with van der Waals surface area (Å²) >= 11 is 0. The first-order valence-corrected chi connectivity index (χ1v) is 13.9. The van der Waals surface area contributed by atoms with Crippen molar-refractivity contribution in [1.82, 2.24) is 0 Å². The van der Waals surface area contributed by atoms with E-state index in [1.54, 1.807) is 0 Å². The van der Waals surface area contributed by atoms with Crippen molar-refractivity contribution in [2.45, 2.75) is 0 Å². The Balaban J connectivity index is 1.45. The van der Waals surface area contributed by atoms with Crippen molar-refractivity contribution >= 4 is 43.1 Å². The van der Waals surface area contributed by atoms with Crippen LogP contribution in [0.25, 0.3) is 76.5 Å². The van der Waals surface area contributed by atoms with Gasteiger partial charge in [0.05, 0.1) is 0 Å². The van der Waals surface area contributed by atoms with E-state index in [0.717, 1.165) is 0 Å². The smallest absolute Gasteiger partial charge is 0.00141 e. The second kappa shape index (κ2) is 9.22. The summed E-state index contributed by atoms with van der Waals surface area (Å²) in [6.07, 6.45) is 0. The van der Waals surface area contributed by atoms with E-state index in [0.29, 0.717) is 0 Å². The zero-order valence-electron chi connectivity index (χ0n) is 22.0. The molecule has 0 amide bonds. The van der Waals surface area contributed by atoms with Gasteiger partial charge in [-0.1, -0.05) is 158 Å². The predicted molar refractivity (Wildman–Crippen MR) is 173 cm³/mol.